The molecule has 130 valence electrons. The Kier molecular flexibility index (Phi) is 3.71. The number of benzene rings is 1. The molecule has 2 aromatic heterocycles. The summed E-state index contributed by atoms with van der Waals surface area (Å²) in [6, 6.07) is 7.83. The molecular formula is C18H20N4O3. The van der Waals surface area contributed by atoms with Gasteiger partial charge in [-0.2, -0.15) is 5.10 Å². The molecule has 0 aliphatic carbocycles. The molecule has 0 fully saturated rings. The molecule has 1 N–H and O–H groups in total. The van der Waals surface area contributed by atoms with Crippen molar-refractivity contribution in [1.29, 1.82) is 0 Å². The van der Waals surface area contributed by atoms with Crippen LogP contribution in [0.1, 0.15) is 23.6 Å². The fourth-order valence-corrected chi connectivity index (χ4v) is 3.46. The van der Waals surface area contributed by atoms with E-state index in [4.69, 9.17) is 4.42 Å². The SMILES string of the molecule is Cc1c(CNC(=O)C2CCc3nn(C)c(=O)n3C2)oc2ccccc12. The largest absolute Gasteiger partial charge is 0.459 e. The summed E-state index contributed by atoms with van der Waals surface area (Å²) in [6.45, 7) is 2.73. The number of para-hydroxylation sites is 1. The summed E-state index contributed by atoms with van der Waals surface area (Å²) in [5.74, 6) is 1.25. The minimum absolute atomic E-state index is 0.0544. The third kappa shape index (κ3) is 2.65. The molecule has 0 spiro atoms. The summed E-state index contributed by atoms with van der Waals surface area (Å²) in [6.07, 6.45) is 1.33. The first-order valence-corrected chi connectivity index (χ1v) is 8.42. The highest BCUT2D eigenvalue weighted by Crippen LogP contribution is 2.25. The number of carbonyl (C=O) groups is 1. The maximum atomic E-state index is 12.5. The Morgan fingerprint density at radius 1 is 1.40 bits per heavy atom. The van der Waals surface area contributed by atoms with Gasteiger partial charge in [0.15, 0.2) is 0 Å². The molecule has 1 amide bonds. The van der Waals surface area contributed by atoms with Crippen molar-refractivity contribution in [3.05, 3.63) is 51.9 Å². The zero-order chi connectivity index (χ0) is 17.6. The van der Waals surface area contributed by atoms with E-state index in [1.54, 1.807) is 11.6 Å². The topological polar surface area (TPSA) is 82.1 Å². The second-order valence-electron chi connectivity index (χ2n) is 6.53. The van der Waals surface area contributed by atoms with Gasteiger partial charge in [-0.25, -0.2) is 9.48 Å². The van der Waals surface area contributed by atoms with Crippen molar-refractivity contribution in [2.24, 2.45) is 13.0 Å². The molecule has 1 atom stereocenters. The monoisotopic (exact) mass is 340 g/mol. The van der Waals surface area contributed by atoms with E-state index in [2.05, 4.69) is 10.4 Å². The summed E-state index contributed by atoms with van der Waals surface area (Å²) in [4.78, 5) is 24.6. The van der Waals surface area contributed by atoms with Gasteiger partial charge in [0.25, 0.3) is 0 Å². The van der Waals surface area contributed by atoms with Gasteiger partial charge >= 0.3 is 5.69 Å². The van der Waals surface area contributed by atoms with E-state index in [9.17, 15) is 9.59 Å². The molecule has 0 bridgehead atoms. The average molecular weight is 340 g/mol. The highest BCUT2D eigenvalue weighted by molar-refractivity contribution is 5.82. The lowest BCUT2D eigenvalue weighted by atomic mass is 9.98. The lowest BCUT2D eigenvalue weighted by molar-refractivity contribution is -0.126. The molecule has 3 heterocycles. The molecule has 1 aliphatic rings. The first kappa shape index (κ1) is 15.7. The summed E-state index contributed by atoms with van der Waals surface area (Å²) in [5.41, 5.74) is 1.71. The maximum absolute atomic E-state index is 12.5. The minimum Gasteiger partial charge on any atom is -0.459 e. The molecule has 1 aliphatic heterocycles. The Bertz CT molecular complexity index is 1010. The smallest absolute Gasteiger partial charge is 0.345 e. The Balaban J connectivity index is 1.46. The van der Waals surface area contributed by atoms with Gasteiger partial charge in [-0.1, -0.05) is 18.2 Å². The van der Waals surface area contributed by atoms with E-state index in [1.807, 2.05) is 31.2 Å². The van der Waals surface area contributed by atoms with Crippen molar-refractivity contribution >= 4 is 16.9 Å². The molecule has 0 radical (unpaired) electrons. The number of hydrogen-bond acceptors (Lipinski definition) is 4. The molecule has 7 nitrogen and oxygen atoms in total. The normalized spacial score (nSPS) is 16.8. The van der Waals surface area contributed by atoms with Crippen LogP contribution in [-0.2, 0) is 31.4 Å². The number of nitrogens with one attached hydrogen (secondary N) is 1. The summed E-state index contributed by atoms with van der Waals surface area (Å²) < 4.78 is 8.76. The van der Waals surface area contributed by atoms with E-state index in [-0.39, 0.29) is 17.5 Å². The summed E-state index contributed by atoms with van der Waals surface area (Å²) >= 11 is 0. The van der Waals surface area contributed by atoms with Crippen LogP contribution in [0.2, 0.25) is 0 Å². The molecule has 1 aromatic carbocycles. The number of rotatable bonds is 3. The van der Waals surface area contributed by atoms with E-state index in [0.717, 1.165) is 28.1 Å². The Hall–Kier alpha value is -2.83. The number of carbonyl (C=O) groups excluding carboxylic acids is 1. The quantitative estimate of drug-likeness (QED) is 0.784. The van der Waals surface area contributed by atoms with Crippen LogP contribution in [0.25, 0.3) is 11.0 Å². The minimum atomic E-state index is -0.223. The van der Waals surface area contributed by atoms with Crippen molar-refractivity contribution in [1.82, 2.24) is 19.7 Å². The lowest BCUT2D eigenvalue weighted by Crippen LogP contribution is -2.38. The molecule has 4 rings (SSSR count). The molecular weight excluding hydrogens is 320 g/mol. The molecule has 1 unspecified atom stereocenters. The van der Waals surface area contributed by atoms with E-state index in [0.29, 0.717) is 25.9 Å². The summed E-state index contributed by atoms with van der Waals surface area (Å²) in [7, 11) is 1.63. The van der Waals surface area contributed by atoms with Crippen LogP contribution in [0.15, 0.2) is 33.5 Å². The Morgan fingerprint density at radius 2 is 2.20 bits per heavy atom. The third-order valence-corrected chi connectivity index (χ3v) is 4.94. The highest BCUT2D eigenvalue weighted by atomic mass is 16.3. The van der Waals surface area contributed by atoms with Crippen LogP contribution in [-0.4, -0.2) is 20.3 Å². The molecule has 25 heavy (non-hydrogen) atoms. The number of nitrogens with zero attached hydrogens (tertiary/aromatic N) is 3. The molecule has 0 saturated carbocycles. The highest BCUT2D eigenvalue weighted by Gasteiger charge is 2.27. The van der Waals surface area contributed by atoms with Crippen LogP contribution in [0, 0.1) is 12.8 Å². The zero-order valence-electron chi connectivity index (χ0n) is 14.3. The van der Waals surface area contributed by atoms with Gasteiger partial charge in [-0.3, -0.25) is 9.36 Å². The fraction of sp³-hybridized carbons (Fsp3) is 0.389. The van der Waals surface area contributed by atoms with Gasteiger partial charge in [0.2, 0.25) is 5.91 Å². The van der Waals surface area contributed by atoms with Gasteiger partial charge in [0.1, 0.15) is 17.2 Å². The standard InChI is InChI=1S/C18H20N4O3/c1-11-13-5-3-4-6-14(13)25-15(11)9-19-17(23)12-7-8-16-20-21(2)18(24)22(16)10-12/h3-6,12H,7-10H2,1-2H3,(H,19,23). The molecule has 0 saturated heterocycles. The van der Waals surface area contributed by atoms with Crippen LogP contribution < -0.4 is 11.0 Å². The van der Waals surface area contributed by atoms with Crippen molar-refractivity contribution < 1.29 is 9.21 Å². The number of furan rings is 1. The summed E-state index contributed by atoms with van der Waals surface area (Å²) in [5, 5.41) is 8.21. The Morgan fingerprint density at radius 3 is 3.00 bits per heavy atom. The number of aryl methyl sites for hydroxylation is 3. The van der Waals surface area contributed by atoms with Crippen LogP contribution in [0.3, 0.4) is 0 Å². The predicted molar refractivity (Wildman–Crippen MR) is 92.1 cm³/mol. The first-order chi connectivity index (χ1) is 12.0. The Labute approximate surface area is 144 Å². The number of hydrogen-bond donors (Lipinski definition) is 1. The first-order valence-electron chi connectivity index (χ1n) is 8.42. The second kappa shape index (κ2) is 5.91. The number of fused-ring (bicyclic) bond motifs is 2. The van der Waals surface area contributed by atoms with Gasteiger partial charge < -0.3 is 9.73 Å². The zero-order valence-corrected chi connectivity index (χ0v) is 14.3. The fourth-order valence-electron chi connectivity index (χ4n) is 3.46. The molecule has 7 heteroatoms. The van der Waals surface area contributed by atoms with Crippen molar-refractivity contribution in [3.63, 3.8) is 0 Å². The van der Waals surface area contributed by atoms with Crippen molar-refractivity contribution in [2.45, 2.75) is 32.9 Å². The van der Waals surface area contributed by atoms with E-state index < -0.39 is 0 Å². The number of aromatic nitrogens is 3. The van der Waals surface area contributed by atoms with Crippen molar-refractivity contribution in [3.8, 4) is 0 Å². The van der Waals surface area contributed by atoms with Crippen LogP contribution >= 0.6 is 0 Å². The van der Waals surface area contributed by atoms with Gasteiger partial charge in [0.05, 0.1) is 12.5 Å². The van der Waals surface area contributed by atoms with Crippen LogP contribution in [0.4, 0.5) is 0 Å². The third-order valence-electron chi connectivity index (χ3n) is 4.94. The van der Waals surface area contributed by atoms with Gasteiger partial charge in [-0.05, 0) is 19.4 Å². The van der Waals surface area contributed by atoms with Crippen molar-refractivity contribution in [2.75, 3.05) is 0 Å². The molecule has 3 aromatic rings. The predicted octanol–water partition coefficient (Wildman–Crippen LogP) is 1.52. The van der Waals surface area contributed by atoms with E-state index >= 15 is 0 Å². The maximum Gasteiger partial charge on any atom is 0.345 e. The van der Waals surface area contributed by atoms with E-state index in [1.165, 1.54) is 4.68 Å². The number of amides is 1. The second-order valence-corrected chi connectivity index (χ2v) is 6.53. The van der Waals surface area contributed by atoms with Crippen LogP contribution in [0.5, 0.6) is 0 Å². The van der Waals surface area contributed by atoms with Gasteiger partial charge in [-0.15, -0.1) is 0 Å². The van der Waals surface area contributed by atoms with Gasteiger partial charge in [0, 0.05) is 31.0 Å². The lowest BCUT2D eigenvalue weighted by Gasteiger charge is -2.21. The average Bonchev–Trinajstić information content (AvgIpc) is 3.10.